The summed E-state index contributed by atoms with van der Waals surface area (Å²) >= 11 is 0. The summed E-state index contributed by atoms with van der Waals surface area (Å²) in [7, 11) is -3.16. The summed E-state index contributed by atoms with van der Waals surface area (Å²) in [6.07, 6.45) is 2.68. The molecule has 0 fully saturated rings. The van der Waals surface area contributed by atoms with E-state index in [-0.39, 0.29) is 23.6 Å². The number of carbonyl (C=O) groups excluding carboxylic acids is 1. The first-order chi connectivity index (χ1) is 10.7. The highest BCUT2D eigenvalue weighted by atomic mass is 32.2. The number of hydrogen-bond acceptors (Lipinski definition) is 3. The molecule has 0 aliphatic heterocycles. The summed E-state index contributed by atoms with van der Waals surface area (Å²) in [5.41, 5.74) is 1.86. The van der Waals surface area contributed by atoms with E-state index in [1.807, 2.05) is 0 Å². The quantitative estimate of drug-likeness (QED) is 0.893. The van der Waals surface area contributed by atoms with Gasteiger partial charge in [0.15, 0.2) is 0 Å². The highest BCUT2D eigenvalue weighted by molar-refractivity contribution is 7.90. The number of rotatable bonds is 5. The number of fused-ring (bicyclic) bond motifs is 1. The molecule has 0 saturated heterocycles. The molecule has 0 saturated carbocycles. The van der Waals surface area contributed by atoms with Crippen molar-refractivity contribution in [2.24, 2.45) is 0 Å². The first-order valence-electron chi connectivity index (χ1n) is 7.74. The Bertz CT molecular complexity index is 691. The van der Waals surface area contributed by atoms with Crippen molar-refractivity contribution in [2.45, 2.75) is 38.8 Å². The molecule has 0 radical (unpaired) electrons. The van der Waals surface area contributed by atoms with E-state index < -0.39 is 15.9 Å². The number of nitrogens with one attached hydrogen (secondary N) is 1. The van der Waals surface area contributed by atoms with E-state index in [4.69, 9.17) is 0 Å². The number of nitrogens with zero attached hydrogens (tertiary/aromatic N) is 1. The fourth-order valence-corrected chi connectivity index (χ4v) is 4.19. The van der Waals surface area contributed by atoms with Gasteiger partial charge in [-0.2, -0.15) is 0 Å². The molecule has 1 aliphatic carbocycles. The molecule has 0 bridgehead atoms. The Morgan fingerprint density at radius 3 is 2.78 bits per heavy atom. The van der Waals surface area contributed by atoms with E-state index in [9.17, 15) is 17.6 Å². The van der Waals surface area contributed by atoms with Gasteiger partial charge in [0, 0.05) is 18.8 Å². The Labute approximate surface area is 136 Å². The molecule has 2 rings (SSSR count). The van der Waals surface area contributed by atoms with Gasteiger partial charge in [-0.3, -0.25) is 0 Å². The second-order valence-corrected chi connectivity index (χ2v) is 8.30. The van der Waals surface area contributed by atoms with Crippen LogP contribution in [0.3, 0.4) is 0 Å². The van der Waals surface area contributed by atoms with Gasteiger partial charge in [-0.15, -0.1) is 0 Å². The average Bonchev–Trinajstić information content (AvgIpc) is 2.80. The van der Waals surface area contributed by atoms with Gasteiger partial charge < -0.3 is 10.2 Å². The molecular weight excluding hydrogens is 319 g/mol. The summed E-state index contributed by atoms with van der Waals surface area (Å²) < 4.78 is 36.3. The lowest BCUT2D eigenvalue weighted by Crippen LogP contribution is -2.48. The van der Waals surface area contributed by atoms with E-state index in [1.54, 1.807) is 19.9 Å². The lowest BCUT2D eigenvalue weighted by atomic mass is 10.1. The standard InChI is InChI=1S/C16H23FN2O3S/c1-4-19(11(2)10-23(3,21)22)16(20)18-15-8-6-12-5-7-13(17)9-14(12)15/h5,7,9,11,15H,4,6,8,10H2,1-3H3,(H,18,20)/t11-,15-/m1/s1. The number of benzene rings is 1. The predicted molar refractivity (Wildman–Crippen MR) is 87.5 cm³/mol. The number of halogens is 1. The summed E-state index contributed by atoms with van der Waals surface area (Å²) in [6.45, 7) is 3.93. The number of sulfone groups is 1. The van der Waals surface area contributed by atoms with Crippen LogP contribution in [0.2, 0.25) is 0 Å². The third-order valence-corrected chi connectivity index (χ3v) is 5.25. The first kappa shape index (κ1) is 17.7. The number of urea groups is 1. The molecule has 0 heterocycles. The molecule has 1 aliphatic rings. The van der Waals surface area contributed by atoms with Gasteiger partial charge in [0.2, 0.25) is 0 Å². The highest BCUT2D eigenvalue weighted by Gasteiger charge is 2.28. The highest BCUT2D eigenvalue weighted by Crippen LogP contribution is 2.31. The minimum Gasteiger partial charge on any atom is -0.331 e. The van der Waals surface area contributed by atoms with Gasteiger partial charge in [-0.25, -0.2) is 17.6 Å². The van der Waals surface area contributed by atoms with E-state index in [1.165, 1.54) is 17.0 Å². The zero-order chi connectivity index (χ0) is 17.2. The van der Waals surface area contributed by atoms with E-state index in [0.29, 0.717) is 6.54 Å². The predicted octanol–water partition coefficient (Wildman–Crippen LogP) is 2.28. The summed E-state index contributed by atoms with van der Waals surface area (Å²) in [6, 6.07) is 3.68. The molecule has 128 valence electrons. The number of hydrogen-bond donors (Lipinski definition) is 1. The summed E-state index contributed by atoms with van der Waals surface area (Å²) in [5.74, 6) is -0.396. The van der Waals surface area contributed by atoms with E-state index in [2.05, 4.69) is 5.32 Å². The van der Waals surface area contributed by atoms with Crippen molar-refractivity contribution in [3.8, 4) is 0 Å². The molecule has 1 aromatic carbocycles. The van der Waals surface area contributed by atoms with Crippen molar-refractivity contribution in [2.75, 3.05) is 18.6 Å². The molecule has 1 N–H and O–H groups in total. The fourth-order valence-electron chi connectivity index (χ4n) is 3.14. The van der Waals surface area contributed by atoms with Gasteiger partial charge in [0.25, 0.3) is 0 Å². The van der Waals surface area contributed by atoms with Crippen LogP contribution < -0.4 is 5.32 Å². The minimum absolute atomic E-state index is 0.0792. The van der Waals surface area contributed by atoms with Gasteiger partial charge in [0.1, 0.15) is 15.7 Å². The van der Waals surface area contributed by atoms with E-state index >= 15 is 0 Å². The van der Waals surface area contributed by atoms with Crippen molar-refractivity contribution >= 4 is 15.9 Å². The Morgan fingerprint density at radius 1 is 1.48 bits per heavy atom. The van der Waals surface area contributed by atoms with Crippen LogP contribution >= 0.6 is 0 Å². The van der Waals surface area contributed by atoms with Crippen LogP contribution in [0.5, 0.6) is 0 Å². The maximum absolute atomic E-state index is 13.4. The molecular formula is C16H23FN2O3S. The smallest absolute Gasteiger partial charge is 0.318 e. The topological polar surface area (TPSA) is 66.5 Å². The van der Waals surface area contributed by atoms with Crippen molar-refractivity contribution in [1.29, 1.82) is 0 Å². The monoisotopic (exact) mass is 342 g/mol. The van der Waals surface area contributed by atoms with Gasteiger partial charge in [-0.05, 0) is 49.9 Å². The minimum atomic E-state index is -3.16. The van der Waals surface area contributed by atoms with Crippen LogP contribution in [-0.4, -0.2) is 43.9 Å². The maximum Gasteiger partial charge on any atom is 0.318 e. The first-order valence-corrected chi connectivity index (χ1v) is 9.80. The molecule has 5 nitrogen and oxygen atoms in total. The zero-order valence-corrected chi connectivity index (χ0v) is 14.5. The Balaban J connectivity index is 2.08. The van der Waals surface area contributed by atoms with E-state index in [0.717, 1.165) is 30.2 Å². The average molecular weight is 342 g/mol. The Hall–Kier alpha value is -1.63. The van der Waals surface area contributed by atoms with Crippen molar-refractivity contribution < 1.29 is 17.6 Å². The summed E-state index contributed by atoms with van der Waals surface area (Å²) in [5, 5.41) is 2.91. The number of amides is 2. The van der Waals surface area contributed by atoms with Crippen LogP contribution in [0.4, 0.5) is 9.18 Å². The third kappa shape index (κ3) is 4.43. The number of carbonyl (C=O) groups is 1. The maximum atomic E-state index is 13.4. The lowest BCUT2D eigenvalue weighted by Gasteiger charge is -2.29. The second-order valence-electron chi connectivity index (χ2n) is 6.11. The van der Waals surface area contributed by atoms with Crippen LogP contribution in [0, 0.1) is 5.82 Å². The molecule has 0 aromatic heterocycles. The molecule has 7 heteroatoms. The van der Waals surface area contributed by atoms with Crippen molar-refractivity contribution in [3.63, 3.8) is 0 Å². The van der Waals surface area contributed by atoms with Gasteiger partial charge >= 0.3 is 6.03 Å². The molecule has 0 unspecified atom stereocenters. The van der Waals surface area contributed by atoms with Crippen LogP contribution in [0.1, 0.15) is 37.4 Å². The van der Waals surface area contributed by atoms with Crippen molar-refractivity contribution in [1.82, 2.24) is 10.2 Å². The SMILES string of the molecule is CCN(C(=O)N[C@@H]1CCc2ccc(F)cc21)[C@H](C)CS(C)(=O)=O. The molecule has 23 heavy (non-hydrogen) atoms. The Morgan fingerprint density at radius 2 is 2.17 bits per heavy atom. The molecule has 2 atom stereocenters. The van der Waals surface area contributed by atoms with Crippen molar-refractivity contribution in [3.05, 3.63) is 35.1 Å². The Kier molecular flexibility index (Phi) is 5.29. The fraction of sp³-hybridized carbons (Fsp3) is 0.562. The third-order valence-electron chi connectivity index (χ3n) is 4.16. The lowest BCUT2D eigenvalue weighted by molar-refractivity contribution is 0.183. The van der Waals surface area contributed by atoms with Gasteiger partial charge in [-0.1, -0.05) is 6.07 Å². The normalized spacial score (nSPS) is 18.3. The summed E-state index contributed by atoms with van der Waals surface area (Å²) in [4.78, 5) is 14.0. The van der Waals surface area contributed by atoms with Crippen LogP contribution in [0.15, 0.2) is 18.2 Å². The molecule has 1 aromatic rings. The number of aryl methyl sites for hydroxylation is 1. The second kappa shape index (κ2) is 6.86. The van der Waals surface area contributed by atoms with Crippen LogP contribution in [0.25, 0.3) is 0 Å². The van der Waals surface area contributed by atoms with Gasteiger partial charge in [0.05, 0.1) is 11.8 Å². The van der Waals surface area contributed by atoms with Crippen LogP contribution in [-0.2, 0) is 16.3 Å². The largest absolute Gasteiger partial charge is 0.331 e. The zero-order valence-electron chi connectivity index (χ0n) is 13.7. The molecule has 0 spiro atoms. The molecule has 2 amide bonds.